The van der Waals surface area contributed by atoms with Crippen LogP contribution in [0.3, 0.4) is 0 Å². The fourth-order valence-corrected chi connectivity index (χ4v) is 3.45. The molecular weight excluding hydrogens is 216 g/mol. The summed E-state index contributed by atoms with van der Waals surface area (Å²) in [4.78, 5) is 0. The molecule has 0 radical (unpaired) electrons. The van der Waals surface area contributed by atoms with E-state index in [1.54, 1.807) is 0 Å². The maximum absolute atomic E-state index is 2.41. The normalized spacial score (nSPS) is 22.7. The molecule has 2 aromatic rings. The van der Waals surface area contributed by atoms with Crippen molar-refractivity contribution in [2.45, 2.75) is 25.2 Å². The van der Waals surface area contributed by atoms with E-state index >= 15 is 0 Å². The van der Waals surface area contributed by atoms with Gasteiger partial charge in [0.25, 0.3) is 0 Å². The maximum Gasteiger partial charge on any atom is 0.0276 e. The summed E-state index contributed by atoms with van der Waals surface area (Å²) in [5.74, 6) is 0.958. The molecule has 5 rings (SSSR count). The lowest BCUT2D eigenvalue weighted by molar-refractivity contribution is 0.808. The molecular formula is C18H16. The van der Waals surface area contributed by atoms with E-state index in [2.05, 4.69) is 61.5 Å². The zero-order valence-electron chi connectivity index (χ0n) is 10.6. The van der Waals surface area contributed by atoms with Gasteiger partial charge in [-0.3, -0.25) is 0 Å². The maximum atomic E-state index is 2.41. The molecule has 0 saturated heterocycles. The number of hydrogen-bond acceptors (Lipinski definition) is 0. The Morgan fingerprint density at radius 1 is 0.778 bits per heavy atom. The van der Waals surface area contributed by atoms with Crippen LogP contribution in [0.1, 0.15) is 46.6 Å². The topological polar surface area (TPSA) is 0 Å². The third kappa shape index (κ3) is 1.21. The molecule has 0 aliphatic heterocycles. The molecule has 0 spiro atoms. The Kier molecular flexibility index (Phi) is 2.02. The van der Waals surface area contributed by atoms with Gasteiger partial charge in [-0.1, -0.05) is 61.5 Å². The van der Waals surface area contributed by atoms with Crippen LogP contribution in [0.25, 0.3) is 0 Å². The van der Waals surface area contributed by atoms with Crippen molar-refractivity contribution in [2.75, 3.05) is 0 Å². The molecule has 3 aliphatic rings. The molecule has 3 aliphatic carbocycles. The number of aryl methyl sites for hydroxylation is 1. The standard InChI is InChI=1S/C18H16/c1-2-12-7-8-16-15-9-10-17(18(16)11-12)14-6-4-3-5-13(14)15/h3-11,15,17H,2H2,1H3. The van der Waals surface area contributed by atoms with Crippen molar-refractivity contribution >= 4 is 0 Å². The molecule has 0 amide bonds. The van der Waals surface area contributed by atoms with Crippen molar-refractivity contribution in [2.24, 2.45) is 0 Å². The van der Waals surface area contributed by atoms with Crippen LogP contribution in [0.2, 0.25) is 0 Å². The summed E-state index contributed by atoms with van der Waals surface area (Å²) in [7, 11) is 0. The summed E-state index contributed by atoms with van der Waals surface area (Å²) < 4.78 is 0. The van der Waals surface area contributed by atoms with Gasteiger partial charge in [-0.2, -0.15) is 0 Å². The van der Waals surface area contributed by atoms with Crippen LogP contribution in [0.4, 0.5) is 0 Å². The fourth-order valence-electron chi connectivity index (χ4n) is 3.45. The van der Waals surface area contributed by atoms with Gasteiger partial charge in [0, 0.05) is 11.8 Å². The minimum Gasteiger partial charge on any atom is -0.0757 e. The Bertz CT molecular complexity index is 649. The van der Waals surface area contributed by atoms with Gasteiger partial charge in [0.1, 0.15) is 0 Å². The zero-order valence-corrected chi connectivity index (χ0v) is 10.6. The van der Waals surface area contributed by atoms with Crippen molar-refractivity contribution in [3.05, 3.63) is 82.4 Å². The summed E-state index contributed by atoms with van der Waals surface area (Å²) in [6.45, 7) is 2.23. The predicted molar refractivity (Wildman–Crippen MR) is 75.1 cm³/mol. The van der Waals surface area contributed by atoms with E-state index in [-0.39, 0.29) is 0 Å². The van der Waals surface area contributed by atoms with Crippen molar-refractivity contribution in [1.29, 1.82) is 0 Å². The molecule has 0 nitrogen and oxygen atoms in total. The molecule has 88 valence electrons. The van der Waals surface area contributed by atoms with Crippen molar-refractivity contribution < 1.29 is 0 Å². The van der Waals surface area contributed by atoms with Gasteiger partial charge in [-0.25, -0.2) is 0 Å². The Labute approximate surface area is 108 Å². The third-order valence-corrected chi connectivity index (χ3v) is 4.39. The van der Waals surface area contributed by atoms with Crippen LogP contribution in [-0.2, 0) is 6.42 Å². The summed E-state index contributed by atoms with van der Waals surface area (Å²) >= 11 is 0. The average Bonchev–Trinajstić information content (AvgIpc) is 2.47. The van der Waals surface area contributed by atoms with Gasteiger partial charge in [-0.15, -0.1) is 0 Å². The van der Waals surface area contributed by atoms with E-state index < -0.39 is 0 Å². The van der Waals surface area contributed by atoms with Crippen molar-refractivity contribution in [1.82, 2.24) is 0 Å². The van der Waals surface area contributed by atoms with Gasteiger partial charge in [0.15, 0.2) is 0 Å². The SMILES string of the molecule is CCc1ccc2c(c1)C1C=CC2c2ccccc21. The molecule has 2 aromatic carbocycles. The van der Waals surface area contributed by atoms with E-state index in [0.717, 1.165) is 6.42 Å². The number of allylic oxidation sites excluding steroid dienone is 2. The van der Waals surface area contributed by atoms with Gasteiger partial charge >= 0.3 is 0 Å². The Morgan fingerprint density at radius 2 is 1.39 bits per heavy atom. The minimum absolute atomic E-state index is 0.479. The first-order valence-electron chi connectivity index (χ1n) is 6.78. The highest BCUT2D eigenvalue weighted by atomic mass is 14.4. The first kappa shape index (κ1) is 10.1. The van der Waals surface area contributed by atoms with Crippen LogP contribution < -0.4 is 0 Å². The highest BCUT2D eigenvalue weighted by Crippen LogP contribution is 2.48. The number of benzene rings is 2. The van der Waals surface area contributed by atoms with Gasteiger partial charge < -0.3 is 0 Å². The largest absolute Gasteiger partial charge is 0.0757 e. The summed E-state index contributed by atoms with van der Waals surface area (Å²) in [5.41, 5.74) is 7.50. The summed E-state index contributed by atoms with van der Waals surface area (Å²) in [6, 6.07) is 15.9. The van der Waals surface area contributed by atoms with Crippen LogP contribution in [0.15, 0.2) is 54.6 Å². The van der Waals surface area contributed by atoms with E-state index in [9.17, 15) is 0 Å². The molecule has 18 heavy (non-hydrogen) atoms. The lowest BCUT2D eigenvalue weighted by Crippen LogP contribution is -2.20. The van der Waals surface area contributed by atoms with E-state index in [4.69, 9.17) is 0 Å². The van der Waals surface area contributed by atoms with Crippen LogP contribution in [-0.4, -0.2) is 0 Å². The Morgan fingerprint density at radius 3 is 2.06 bits per heavy atom. The average molecular weight is 232 g/mol. The van der Waals surface area contributed by atoms with E-state index in [0.29, 0.717) is 11.8 Å². The molecule has 0 N–H and O–H groups in total. The highest BCUT2D eigenvalue weighted by molar-refractivity contribution is 5.60. The first-order chi connectivity index (χ1) is 8.88. The summed E-state index contributed by atoms with van der Waals surface area (Å²) in [6.07, 6.45) is 5.88. The first-order valence-corrected chi connectivity index (χ1v) is 6.78. The number of hydrogen-bond donors (Lipinski definition) is 0. The molecule has 0 saturated carbocycles. The predicted octanol–water partition coefficient (Wildman–Crippen LogP) is 4.40. The van der Waals surface area contributed by atoms with E-state index in [1.165, 1.54) is 27.8 Å². The van der Waals surface area contributed by atoms with Crippen LogP contribution in [0, 0.1) is 0 Å². The lowest BCUT2D eigenvalue weighted by atomic mass is 9.67. The second kappa shape index (κ2) is 3.58. The van der Waals surface area contributed by atoms with Crippen molar-refractivity contribution in [3.63, 3.8) is 0 Å². The smallest absolute Gasteiger partial charge is 0.0276 e. The molecule has 2 unspecified atom stereocenters. The molecule has 2 atom stereocenters. The highest BCUT2D eigenvalue weighted by Gasteiger charge is 2.33. The molecule has 0 aromatic heterocycles. The number of rotatable bonds is 1. The quantitative estimate of drug-likeness (QED) is 0.639. The Balaban J connectivity index is 1.97. The van der Waals surface area contributed by atoms with Gasteiger partial charge in [0.2, 0.25) is 0 Å². The second-order valence-corrected chi connectivity index (χ2v) is 5.29. The lowest BCUT2D eigenvalue weighted by Gasteiger charge is -2.36. The molecule has 2 bridgehead atoms. The fraction of sp³-hybridized carbons (Fsp3) is 0.222. The zero-order chi connectivity index (χ0) is 12.1. The minimum atomic E-state index is 0.479. The monoisotopic (exact) mass is 232 g/mol. The van der Waals surface area contributed by atoms with Gasteiger partial charge in [-0.05, 0) is 34.2 Å². The van der Waals surface area contributed by atoms with Crippen LogP contribution >= 0.6 is 0 Å². The second-order valence-electron chi connectivity index (χ2n) is 5.29. The summed E-state index contributed by atoms with van der Waals surface area (Å²) in [5, 5.41) is 0. The molecule has 0 fully saturated rings. The molecule has 0 heteroatoms. The van der Waals surface area contributed by atoms with Crippen molar-refractivity contribution in [3.8, 4) is 0 Å². The van der Waals surface area contributed by atoms with E-state index in [1.807, 2.05) is 0 Å². The van der Waals surface area contributed by atoms with Gasteiger partial charge in [0.05, 0.1) is 0 Å². The molecule has 0 heterocycles. The van der Waals surface area contributed by atoms with Crippen LogP contribution in [0.5, 0.6) is 0 Å². The Hall–Kier alpha value is -1.82. The third-order valence-electron chi connectivity index (χ3n) is 4.39.